The number of fused-ring (bicyclic) bond motifs is 1. The van der Waals surface area contributed by atoms with Gasteiger partial charge in [0.15, 0.2) is 0 Å². The van der Waals surface area contributed by atoms with E-state index in [4.69, 9.17) is 5.73 Å². The average Bonchev–Trinajstić information content (AvgIpc) is 2.92. The molecule has 1 atom stereocenters. The van der Waals surface area contributed by atoms with Crippen molar-refractivity contribution in [2.45, 2.75) is 46.0 Å². The van der Waals surface area contributed by atoms with Gasteiger partial charge in [-0.25, -0.2) is 0 Å². The Morgan fingerprint density at radius 2 is 2.16 bits per heavy atom. The second-order valence-electron chi connectivity index (χ2n) is 6.79. The summed E-state index contributed by atoms with van der Waals surface area (Å²) in [7, 11) is 0. The fourth-order valence-electron chi connectivity index (χ4n) is 3.62. The number of benzene rings is 1. The Bertz CT molecular complexity index is 810. The number of nitrogens with one attached hydrogen (secondary N) is 1. The van der Waals surface area contributed by atoms with E-state index in [1.165, 1.54) is 29.1 Å². The molecule has 1 aromatic heterocycles. The van der Waals surface area contributed by atoms with E-state index in [0.29, 0.717) is 22.0 Å². The van der Waals surface area contributed by atoms with Crippen LogP contribution in [0.5, 0.6) is 0 Å². The second-order valence-corrected chi connectivity index (χ2v) is 7.90. The summed E-state index contributed by atoms with van der Waals surface area (Å²) in [6, 6.07) is 7.42. The highest BCUT2D eigenvalue weighted by Gasteiger charge is 2.28. The Kier molecular flexibility index (Phi) is 5.23. The fourth-order valence-corrected chi connectivity index (χ4v) is 4.98. The molecule has 0 saturated heterocycles. The Labute approximate surface area is 152 Å². The molecule has 0 saturated carbocycles. The van der Waals surface area contributed by atoms with Crippen molar-refractivity contribution < 1.29 is 9.59 Å². The molecule has 0 spiro atoms. The highest BCUT2D eigenvalue weighted by atomic mass is 32.1. The topological polar surface area (TPSA) is 72.2 Å². The van der Waals surface area contributed by atoms with E-state index in [0.717, 1.165) is 30.4 Å². The van der Waals surface area contributed by atoms with E-state index in [-0.39, 0.29) is 5.91 Å². The molecule has 3 rings (SSSR count). The number of hydrogen-bond donors (Lipinski definition) is 2. The molecule has 0 bridgehead atoms. The monoisotopic (exact) mass is 356 g/mol. The summed E-state index contributed by atoms with van der Waals surface area (Å²) < 4.78 is 0. The molecule has 4 nitrogen and oxygen atoms in total. The highest BCUT2D eigenvalue weighted by molar-refractivity contribution is 7.17. The number of rotatable bonds is 5. The molecule has 0 unspecified atom stereocenters. The van der Waals surface area contributed by atoms with Gasteiger partial charge < -0.3 is 11.1 Å². The molecule has 0 radical (unpaired) electrons. The summed E-state index contributed by atoms with van der Waals surface area (Å²) >= 11 is 1.51. The largest absolute Gasteiger partial charge is 0.365 e. The molecule has 1 aliphatic rings. The van der Waals surface area contributed by atoms with E-state index in [1.807, 2.05) is 25.1 Å². The summed E-state index contributed by atoms with van der Waals surface area (Å²) in [6.07, 6.45) is 5.31. The number of hydrogen-bond acceptors (Lipinski definition) is 3. The second kappa shape index (κ2) is 7.40. The molecule has 5 heteroatoms. The van der Waals surface area contributed by atoms with Gasteiger partial charge in [-0.05, 0) is 49.8 Å². The Hall–Kier alpha value is -2.14. The van der Waals surface area contributed by atoms with Gasteiger partial charge in [-0.3, -0.25) is 9.59 Å². The van der Waals surface area contributed by atoms with Crippen molar-refractivity contribution in [3.8, 4) is 0 Å². The predicted molar refractivity (Wildman–Crippen MR) is 102 cm³/mol. The van der Waals surface area contributed by atoms with Crippen LogP contribution in [-0.4, -0.2) is 11.8 Å². The van der Waals surface area contributed by atoms with E-state index in [9.17, 15) is 9.59 Å². The summed E-state index contributed by atoms with van der Waals surface area (Å²) in [4.78, 5) is 25.8. The zero-order chi connectivity index (χ0) is 18.0. The number of anilines is 1. The first kappa shape index (κ1) is 17.7. The van der Waals surface area contributed by atoms with Crippen molar-refractivity contribution in [2.24, 2.45) is 11.7 Å². The van der Waals surface area contributed by atoms with Crippen LogP contribution in [0.2, 0.25) is 0 Å². The third kappa shape index (κ3) is 3.76. The molecule has 2 aromatic rings. The van der Waals surface area contributed by atoms with Gasteiger partial charge in [0.2, 0.25) is 0 Å². The van der Waals surface area contributed by atoms with E-state index >= 15 is 0 Å². The number of primary amides is 1. The minimum absolute atomic E-state index is 0.199. The Balaban J connectivity index is 1.89. The van der Waals surface area contributed by atoms with Crippen LogP contribution in [0.1, 0.15) is 62.9 Å². The zero-order valence-corrected chi connectivity index (χ0v) is 15.5. The first-order valence-electron chi connectivity index (χ1n) is 8.82. The van der Waals surface area contributed by atoms with Crippen LogP contribution >= 0.6 is 11.3 Å². The van der Waals surface area contributed by atoms with Gasteiger partial charge in [-0.2, -0.15) is 0 Å². The van der Waals surface area contributed by atoms with Crippen molar-refractivity contribution in [2.75, 3.05) is 5.32 Å². The first-order valence-corrected chi connectivity index (χ1v) is 9.63. The number of amides is 2. The van der Waals surface area contributed by atoms with Gasteiger partial charge >= 0.3 is 0 Å². The quantitative estimate of drug-likeness (QED) is 0.838. The molecule has 3 N–H and O–H groups in total. The summed E-state index contributed by atoms with van der Waals surface area (Å²) in [6.45, 7) is 4.15. The molecule has 2 amide bonds. The van der Waals surface area contributed by atoms with Crippen LogP contribution < -0.4 is 11.1 Å². The maximum atomic E-state index is 12.6. The van der Waals surface area contributed by atoms with Gasteiger partial charge in [0.25, 0.3) is 11.8 Å². The first-order chi connectivity index (χ1) is 12.0. The molecule has 0 aliphatic heterocycles. The van der Waals surface area contributed by atoms with Crippen LogP contribution in [0.25, 0.3) is 0 Å². The molecule has 0 fully saturated rings. The van der Waals surface area contributed by atoms with Crippen LogP contribution in [-0.2, 0) is 12.8 Å². The van der Waals surface area contributed by atoms with Crippen LogP contribution in [0.4, 0.5) is 5.00 Å². The maximum absolute atomic E-state index is 12.6. The van der Waals surface area contributed by atoms with Crippen molar-refractivity contribution in [3.63, 3.8) is 0 Å². The van der Waals surface area contributed by atoms with E-state index < -0.39 is 5.91 Å². The minimum atomic E-state index is -0.453. The summed E-state index contributed by atoms with van der Waals surface area (Å²) in [5, 5.41) is 3.52. The third-order valence-corrected chi connectivity index (χ3v) is 5.99. The summed E-state index contributed by atoms with van der Waals surface area (Å²) in [5.41, 5.74) is 8.80. The van der Waals surface area contributed by atoms with Gasteiger partial charge in [0, 0.05) is 10.4 Å². The van der Waals surface area contributed by atoms with Crippen LogP contribution in [0.3, 0.4) is 0 Å². The third-order valence-electron chi connectivity index (χ3n) is 4.82. The van der Waals surface area contributed by atoms with Crippen LogP contribution in [0.15, 0.2) is 24.3 Å². The van der Waals surface area contributed by atoms with Crippen molar-refractivity contribution in [1.29, 1.82) is 0 Å². The Morgan fingerprint density at radius 3 is 2.84 bits per heavy atom. The number of carbonyl (C=O) groups is 2. The molecule has 1 heterocycles. The molecule has 1 aromatic carbocycles. The number of nitrogens with two attached hydrogens (primary N) is 1. The molecule has 25 heavy (non-hydrogen) atoms. The van der Waals surface area contributed by atoms with Gasteiger partial charge in [0.05, 0.1) is 5.56 Å². The lowest BCUT2D eigenvalue weighted by Crippen LogP contribution is -2.20. The van der Waals surface area contributed by atoms with Crippen molar-refractivity contribution in [1.82, 2.24) is 0 Å². The van der Waals surface area contributed by atoms with Crippen molar-refractivity contribution in [3.05, 3.63) is 51.4 Å². The lowest BCUT2D eigenvalue weighted by atomic mass is 9.84. The normalized spacial score (nSPS) is 16.3. The fraction of sp³-hybridized carbons (Fsp3) is 0.400. The smallest absolute Gasteiger partial charge is 0.256 e. The molecule has 132 valence electrons. The minimum Gasteiger partial charge on any atom is -0.365 e. The Morgan fingerprint density at radius 1 is 1.36 bits per heavy atom. The average molecular weight is 356 g/mol. The lowest BCUT2D eigenvalue weighted by Gasteiger charge is -2.21. The highest BCUT2D eigenvalue weighted by Crippen LogP contribution is 2.40. The molecular weight excluding hydrogens is 332 g/mol. The van der Waals surface area contributed by atoms with Crippen LogP contribution in [0, 0.1) is 12.8 Å². The summed E-state index contributed by atoms with van der Waals surface area (Å²) in [5.74, 6) is 0.0121. The van der Waals surface area contributed by atoms with Crippen molar-refractivity contribution >= 4 is 28.2 Å². The van der Waals surface area contributed by atoms with Gasteiger partial charge in [-0.15, -0.1) is 11.3 Å². The maximum Gasteiger partial charge on any atom is 0.256 e. The molecular formula is C20H24N2O2S. The van der Waals surface area contributed by atoms with Gasteiger partial charge in [-0.1, -0.05) is 37.5 Å². The zero-order valence-electron chi connectivity index (χ0n) is 14.7. The number of thiophene rings is 1. The standard InChI is InChI=1S/C20H24N2O2S/c1-3-5-13-8-9-15-16(11-13)25-20(17(15)18(21)23)22-19(24)14-7-4-6-12(2)10-14/h4,6-7,10,13H,3,5,8-9,11H2,1-2H3,(H2,21,23)(H,22,24)/t13-/m0/s1. The number of carbonyl (C=O) groups excluding carboxylic acids is 2. The predicted octanol–water partition coefficient (Wildman–Crippen LogP) is 4.31. The lowest BCUT2D eigenvalue weighted by molar-refractivity contribution is 0.1000. The van der Waals surface area contributed by atoms with E-state index in [2.05, 4.69) is 12.2 Å². The number of aryl methyl sites for hydroxylation is 1. The molecule has 1 aliphatic carbocycles. The van der Waals surface area contributed by atoms with E-state index in [1.54, 1.807) is 6.07 Å². The SMILES string of the molecule is CCC[C@H]1CCc2c(sc(NC(=O)c3cccc(C)c3)c2C(N)=O)C1. The van der Waals surface area contributed by atoms with Gasteiger partial charge in [0.1, 0.15) is 5.00 Å².